The standard InChI is InChI=1S/C60H37N/c1-2-18-38(19-3-1)40-21-9-17-33-56(40)61-57-37-46-44-25-8-12-28-50(44)60(55(46)36-47(57)45-35-34-39-20-4-5-22-41(39)58(45)61)53-31-15-13-29-51(53)59(52-30-14-16-32-54(52)60)48-26-10-6-23-42(48)43-24-7-11-27-49(43)59/h1-37H. The van der Waals surface area contributed by atoms with Gasteiger partial charge in [-0.2, -0.15) is 0 Å². The molecule has 0 amide bonds. The molecule has 10 aromatic carbocycles. The normalized spacial score (nSPS) is 14.5. The Morgan fingerprint density at radius 3 is 1.34 bits per heavy atom. The number of hydrogen-bond donors (Lipinski definition) is 0. The van der Waals surface area contributed by atoms with Gasteiger partial charge in [-0.25, -0.2) is 0 Å². The predicted octanol–water partition coefficient (Wildman–Crippen LogP) is 14.6. The van der Waals surface area contributed by atoms with Crippen molar-refractivity contribution in [2.24, 2.45) is 0 Å². The maximum atomic E-state index is 2.59. The van der Waals surface area contributed by atoms with E-state index in [0.29, 0.717) is 0 Å². The second-order valence-corrected chi connectivity index (χ2v) is 17.0. The van der Waals surface area contributed by atoms with Crippen molar-refractivity contribution in [3.8, 4) is 39.1 Å². The van der Waals surface area contributed by atoms with Crippen molar-refractivity contribution >= 4 is 32.6 Å². The number of aromatic nitrogens is 1. The van der Waals surface area contributed by atoms with Gasteiger partial charge in [-0.15, -0.1) is 0 Å². The van der Waals surface area contributed by atoms with Gasteiger partial charge in [0, 0.05) is 21.7 Å². The van der Waals surface area contributed by atoms with Gasteiger partial charge in [0.25, 0.3) is 0 Å². The Morgan fingerprint density at radius 1 is 0.279 bits per heavy atom. The third-order valence-corrected chi connectivity index (χ3v) is 14.5. The molecule has 0 saturated heterocycles. The highest BCUT2D eigenvalue weighted by Gasteiger charge is 2.59. The Labute approximate surface area is 354 Å². The molecule has 61 heavy (non-hydrogen) atoms. The number of para-hydroxylation sites is 1. The molecular formula is C60H37N. The zero-order valence-electron chi connectivity index (χ0n) is 33.3. The monoisotopic (exact) mass is 771 g/mol. The van der Waals surface area contributed by atoms with E-state index in [1.807, 2.05) is 0 Å². The van der Waals surface area contributed by atoms with Gasteiger partial charge in [0.05, 0.1) is 27.6 Å². The fraction of sp³-hybridized carbons (Fsp3) is 0.0333. The van der Waals surface area contributed by atoms with Crippen LogP contribution in [0.15, 0.2) is 224 Å². The van der Waals surface area contributed by atoms with Gasteiger partial charge in [0.15, 0.2) is 0 Å². The third kappa shape index (κ3) is 3.97. The van der Waals surface area contributed by atoms with E-state index in [1.165, 1.54) is 116 Å². The van der Waals surface area contributed by atoms with Crippen LogP contribution in [-0.4, -0.2) is 4.57 Å². The first-order valence-electron chi connectivity index (χ1n) is 21.4. The van der Waals surface area contributed by atoms with Crippen LogP contribution in [-0.2, 0) is 10.8 Å². The van der Waals surface area contributed by atoms with E-state index in [0.717, 1.165) is 0 Å². The zero-order chi connectivity index (χ0) is 39.9. The second kappa shape index (κ2) is 11.9. The molecule has 1 aromatic heterocycles. The molecule has 0 radical (unpaired) electrons. The minimum absolute atomic E-state index is 0.469. The lowest BCUT2D eigenvalue weighted by Crippen LogP contribution is -2.43. The summed E-state index contributed by atoms with van der Waals surface area (Å²) in [7, 11) is 0. The molecule has 14 rings (SSSR count). The van der Waals surface area contributed by atoms with Crippen LogP contribution in [0, 0.1) is 0 Å². The van der Waals surface area contributed by atoms with E-state index in [9.17, 15) is 0 Å². The SMILES string of the molecule is c1ccc(-c2ccccc2-n2c3cc4c(cc3c3ccc5ccccc5c32)C2(c3ccccc3-4)c3ccccc3C3(c4ccccc4-c4ccccc43)c3ccccc32)cc1. The van der Waals surface area contributed by atoms with E-state index in [2.05, 4.69) is 229 Å². The Hall–Kier alpha value is -7.74. The van der Waals surface area contributed by atoms with Crippen LogP contribution < -0.4 is 0 Å². The molecule has 1 nitrogen and oxygen atoms in total. The smallest absolute Gasteiger partial charge is 0.0720 e. The minimum Gasteiger partial charge on any atom is -0.308 e. The molecular weight excluding hydrogens is 735 g/mol. The molecule has 0 N–H and O–H groups in total. The number of nitrogens with zero attached hydrogens (tertiary/aromatic N) is 1. The van der Waals surface area contributed by atoms with Crippen LogP contribution in [0.5, 0.6) is 0 Å². The van der Waals surface area contributed by atoms with Crippen molar-refractivity contribution in [1.82, 2.24) is 4.57 Å². The van der Waals surface area contributed by atoms with Gasteiger partial charge in [0.2, 0.25) is 0 Å². The van der Waals surface area contributed by atoms with Crippen molar-refractivity contribution in [2.45, 2.75) is 10.8 Å². The first kappa shape index (κ1) is 33.1. The van der Waals surface area contributed by atoms with Crippen LogP contribution in [0.3, 0.4) is 0 Å². The number of fused-ring (bicyclic) bond motifs is 21. The molecule has 3 aliphatic carbocycles. The Bertz CT molecular complexity index is 3560. The summed E-state index contributed by atoms with van der Waals surface area (Å²) in [5, 5.41) is 5.02. The van der Waals surface area contributed by atoms with Crippen LogP contribution in [0.1, 0.15) is 44.5 Å². The van der Waals surface area contributed by atoms with E-state index < -0.39 is 10.8 Å². The van der Waals surface area contributed by atoms with Gasteiger partial charge < -0.3 is 4.57 Å². The van der Waals surface area contributed by atoms with E-state index in [1.54, 1.807) is 0 Å². The molecule has 3 aliphatic rings. The Balaban J connectivity index is 1.15. The topological polar surface area (TPSA) is 4.93 Å². The molecule has 1 heteroatoms. The number of benzene rings is 10. The summed E-state index contributed by atoms with van der Waals surface area (Å²) in [6.45, 7) is 0. The molecule has 0 atom stereocenters. The summed E-state index contributed by atoms with van der Waals surface area (Å²) in [4.78, 5) is 0. The van der Waals surface area contributed by atoms with Crippen molar-refractivity contribution in [2.75, 3.05) is 0 Å². The van der Waals surface area contributed by atoms with Crippen LogP contribution in [0.4, 0.5) is 0 Å². The summed E-state index contributed by atoms with van der Waals surface area (Å²) >= 11 is 0. The molecule has 0 fully saturated rings. The van der Waals surface area contributed by atoms with Crippen molar-refractivity contribution in [1.29, 1.82) is 0 Å². The molecule has 0 unspecified atom stereocenters. The molecule has 2 spiro atoms. The summed E-state index contributed by atoms with van der Waals surface area (Å²) in [5.74, 6) is 0. The van der Waals surface area contributed by atoms with Gasteiger partial charge in [-0.1, -0.05) is 206 Å². The third-order valence-electron chi connectivity index (χ3n) is 14.5. The van der Waals surface area contributed by atoms with E-state index in [-0.39, 0.29) is 0 Å². The first-order chi connectivity index (χ1) is 30.3. The molecule has 1 heterocycles. The fourth-order valence-electron chi connectivity index (χ4n) is 12.3. The highest BCUT2D eigenvalue weighted by molar-refractivity contribution is 6.20. The van der Waals surface area contributed by atoms with Gasteiger partial charge >= 0.3 is 0 Å². The minimum atomic E-state index is -0.557. The van der Waals surface area contributed by atoms with Gasteiger partial charge in [-0.05, 0) is 95.9 Å². The average Bonchev–Trinajstić information content (AvgIpc) is 3.93. The predicted molar refractivity (Wildman–Crippen MR) is 252 cm³/mol. The highest BCUT2D eigenvalue weighted by atomic mass is 15.0. The molecule has 0 bridgehead atoms. The van der Waals surface area contributed by atoms with Gasteiger partial charge in [0.1, 0.15) is 0 Å². The lowest BCUT2D eigenvalue weighted by molar-refractivity contribution is 0.633. The summed E-state index contributed by atoms with van der Waals surface area (Å²) in [5.41, 5.74) is 21.1. The first-order valence-corrected chi connectivity index (χ1v) is 21.4. The lowest BCUT2D eigenvalue weighted by atomic mass is 9.52. The summed E-state index contributed by atoms with van der Waals surface area (Å²) in [6, 6.07) is 84.8. The Morgan fingerprint density at radius 2 is 0.738 bits per heavy atom. The Kier molecular flexibility index (Phi) is 6.48. The quantitative estimate of drug-likeness (QED) is 0.165. The molecule has 11 aromatic rings. The molecule has 0 aliphatic heterocycles. The van der Waals surface area contributed by atoms with E-state index in [4.69, 9.17) is 0 Å². The van der Waals surface area contributed by atoms with Crippen LogP contribution in [0.2, 0.25) is 0 Å². The highest BCUT2D eigenvalue weighted by Crippen LogP contribution is 2.67. The van der Waals surface area contributed by atoms with Crippen LogP contribution in [0.25, 0.3) is 71.6 Å². The average molecular weight is 772 g/mol. The zero-order valence-corrected chi connectivity index (χ0v) is 33.3. The number of hydrogen-bond acceptors (Lipinski definition) is 0. The largest absolute Gasteiger partial charge is 0.308 e. The molecule has 0 saturated carbocycles. The maximum absolute atomic E-state index is 2.59. The fourth-order valence-corrected chi connectivity index (χ4v) is 12.3. The summed E-state index contributed by atoms with van der Waals surface area (Å²) < 4.78 is 2.56. The maximum Gasteiger partial charge on any atom is 0.0720 e. The van der Waals surface area contributed by atoms with Crippen molar-refractivity contribution in [3.05, 3.63) is 269 Å². The lowest BCUT2D eigenvalue weighted by Gasteiger charge is -2.48. The molecule has 282 valence electrons. The van der Waals surface area contributed by atoms with Gasteiger partial charge in [-0.3, -0.25) is 0 Å². The van der Waals surface area contributed by atoms with Crippen molar-refractivity contribution < 1.29 is 0 Å². The summed E-state index contributed by atoms with van der Waals surface area (Å²) in [6.07, 6.45) is 0. The number of rotatable bonds is 2. The van der Waals surface area contributed by atoms with Crippen LogP contribution >= 0.6 is 0 Å². The van der Waals surface area contributed by atoms with Crippen molar-refractivity contribution in [3.63, 3.8) is 0 Å². The second-order valence-electron chi connectivity index (χ2n) is 17.0. The van der Waals surface area contributed by atoms with E-state index >= 15 is 0 Å².